The molecule has 0 aliphatic heterocycles. The number of rotatable bonds is 9. The van der Waals surface area contributed by atoms with E-state index in [0.717, 1.165) is 11.1 Å². The van der Waals surface area contributed by atoms with Crippen molar-refractivity contribution in [2.75, 3.05) is 13.2 Å². The summed E-state index contributed by atoms with van der Waals surface area (Å²) in [6, 6.07) is 20.2. The maximum absolute atomic E-state index is 12.4. The molecular formula is C25H23ClN4O3. The number of carbonyl (C=O) groups excluding carboxylic acids is 1. The number of carbonyl (C=O) groups is 1. The molecule has 4 rings (SSSR count). The first kappa shape index (κ1) is 22.4. The summed E-state index contributed by atoms with van der Waals surface area (Å²) in [5.74, 6) is 0.450. The van der Waals surface area contributed by atoms with Crippen LogP contribution in [-0.4, -0.2) is 33.4 Å². The summed E-state index contributed by atoms with van der Waals surface area (Å²) in [6.07, 6.45) is 5.03. The normalized spacial score (nSPS) is 10.7. The number of benzene rings is 2. The Bertz CT molecular complexity index is 1280. The maximum Gasteiger partial charge on any atom is 0.254 e. The number of hydrogen-bond donors (Lipinski definition) is 1. The van der Waals surface area contributed by atoms with Gasteiger partial charge >= 0.3 is 0 Å². The van der Waals surface area contributed by atoms with E-state index in [1.54, 1.807) is 52.1 Å². The van der Waals surface area contributed by atoms with Gasteiger partial charge in [0.2, 0.25) is 0 Å². The first-order valence-corrected chi connectivity index (χ1v) is 10.9. The zero-order valence-electron chi connectivity index (χ0n) is 17.9. The Balaban J connectivity index is 1.26. The zero-order valence-corrected chi connectivity index (χ0v) is 18.6. The molecule has 33 heavy (non-hydrogen) atoms. The lowest BCUT2D eigenvalue weighted by atomic mass is 10.1. The molecule has 1 N–H and O–H groups in total. The molecule has 0 saturated heterocycles. The molecular weight excluding hydrogens is 440 g/mol. The van der Waals surface area contributed by atoms with Gasteiger partial charge in [-0.15, -0.1) is 0 Å². The van der Waals surface area contributed by atoms with Gasteiger partial charge in [-0.3, -0.25) is 14.3 Å². The van der Waals surface area contributed by atoms with Crippen LogP contribution in [0.5, 0.6) is 5.75 Å². The maximum atomic E-state index is 12.4. The average Bonchev–Trinajstić information content (AvgIpc) is 3.28. The summed E-state index contributed by atoms with van der Waals surface area (Å²) in [5, 5.41) is 7.70. The van der Waals surface area contributed by atoms with Crippen molar-refractivity contribution < 1.29 is 9.53 Å². The number of halogens is 1. The largest absolute Gasteiger partial charge is 0.492 e. The SMILES string of the molecule is O=C(NCCOc1cccc(Cl)c1)c1cnn(Cc2ccc(Cn3ccccc3=O)cc2)c1. The highest BCUT2D eigenvalue weighted by molar-refractivity contribution is 6.30. The number of amides is 1. The first-order chi connectivity index (χ1) is 16.1. The van der Waals surface area contributed by atoms with Gasteiger partial charge in [0.1, 0.15) is 12.4 Å². The Kier molecular flexibility index (Phi) is 7.22. The predicted octanol–water partition coefficient (Wildman–Crippen LogP) is 3.60. The minimum atomic E-state index is -0.209. The second-order valence-electron chi connectivity index (χ2n) is 7.47. The third kappa shape index (κ3) is 6.33. The van der Waals surface area contributed by atoms with Crippen molar-refractivity contribution in [1.82, 2.24) is 19.7 Å². The number of aromatic nitrogens is 3. The fourth-order valence-electron chi connectivity index (χ4n) is 3.28. The molecule has 1 amide bonds. The van der Waals surface area contributed by atoms with Crippen molar-refractivity contribution in [1.29, 1.82) is 0 Å². The van der Waals surface area contributed by atoms with E-state index in [1.165, 1.54) is 0 Å². The second-order valence-corrected chi connectivity index (χ2v) is 7.91. The lowest BCUT2D eigenvalue weighted by molar-refractivity contribution is 0.0947. The molecule has 0 aliphatic rings. The van der Waals surface area contributed by atoms with Gasteiger partial charge in [-0.1, -0.05) is 48.0 Å². The summed E-state index contributed by atoms with van der Waals surface area (Å²) < 4.78 is 8.95. The van der Waals surface area contributed by atoms with Crippen LogP contribution in [0.4, 0.5) is 0 Å². The molecule has 168 valence electrons. The summed E-state index contributed by atoms with van der Waals surface area (Å²) >= 11 is 5.92. The van der Waals surface area contributed by atoms with Gasteiger partial charge in [-0.25, -0.2) is 0 Å². The standard InChI is InChI=1S/C25H23ClN4O3/c26-22-4-3-5-23(14-22)33-13-11-27-25(32)21-15-28-30(18-21)17-20-9-7-19(8-10-20)16-29-12-2-1-6-24(29)31/h1-10,12,14-15,18H,11,13,16-17H2,(H,27,32). The molecule has 0 unspecified atom stereocenters. The Hall–Kier alpha value is -3.84. The molecule has 0 radical (unpaired) electrons. The van der Waals surface area contributed by atoms with E-state index in [2.05, 4.69) is 10.4 Å². The van der Waals surface area contributed by atoms with Crippen LogP contribution in [0.25, 0.3) is 0 Å². The molecule has 8 heteroatoms. The van der Waals surface area contributed by atoms with Gasteiger partial charge in [0.05, 0.1) is 31.4 Å². The summed E-state index contributed by atoms with van der Waals surface area (Å²) in [7, 11) is 0. The highest BCUT2D eigenvalue weighted by Gasteiger charge is 2.09. The van der Waals surface area contributed by atoms with E-state index in [1.807, 2.05) is 42.5 Å². The molecule has 0 spiro atoms. The fourth-order valence-corrected chi connectivity index (χ4v) is 3.46. The van der Waals surface area contributed by atoms with E-state index in [-0.39, 0.29) is 11.5 Å². The third-order valence-electron chi connectivity index (χ3n) is 4.97. The third-order valence-corrected chi connectivity index (χ3v) is 5.20. The van der Waals surface area contributed by atoms with Crippen LogP contribution in [0.3, 0.4) is 0 Å². The van der Waals surface area contributed by atoms with Crippen LogP contribution in [-0.2, 0) is 13.1 Å². The number of nitrogens with zero attached hydrogens (tertiary/aromatic N) is 3. The Morgan fingerprint density at radius 2 is 1.79 bits per heavy atom. The van der Waals surface area contributed by atoms with Crippen molar-refractivity contribution in [2.45, 2.75) is 13.1 Å². The van der Waals surface area contributed by atoms with Gasteiger partial charge in [0, 0.05) is 23.5 Å². The topological polar surface area (TPSA) is 78.2 Å². The van der Waals surface area contributed by atoms with Gasteiger partial charge < -0.3 is 14.6 Å². The second kappa shape index (κ2) is 10.7. The summed E-state index contributed by atoms with van der Waals surface area (Å²) in [4.78, 5) is 24.2. The number of nitrogens with one attached hydrogen (secondary N) is 1. The van der Waals surface area contributed by atoms with Crippen molar-refractivity contribution >= 4 is 17.5 Å². The van der Waals surface area contributed by atoms with Gasteiger partial charge in [0.25, 0.3) is 11.5 Å². The van der Waals surface area contributed by atoms with E-state index in [4.69, 9.17) is 16.3 Å². The highest BCUT2D eigenvalue weighted by Crippen LogP contribution is 2.16. The van der Waals surface area contributed by atoms with E-state index in [9.17, 15) is 9.59 Å². The lowest BCUT2D eigenvalue weighted by Gasteiger charge is -2.07. The van der Waals surface area contributed by atoms with Gasteiger partial charge in [-0.05, 0) is 35.4 Å². The Morgan fingerprint density at radius 1 is 1.00 bits per heavy atom. The molecule has 2 heterocycles. The van der Waals surface area contributed by atoms with Gasteiger partial charge in [-0.2, -0.15) is 5.10 Å². The van der Waals surface area contributed by atoms with Crippen molar-refractivity contribution in [3.63, 3.8) is 0 Å². The van der Waals surface area contributed by atoms with Crippen LogP contribution >= 0.6 is 11.6 Å². The molecule has 2 aromatic heterocycles. The van der Waals surface area contributed by atoms with Crippen LogP contribution < -0.4 is 15.6 Å². The van der Waals surface area contributed by atoms with Crippen LogP contribution in [0.1, 0.15) is 21.5 Å². The zero-order chi connectivity index (χ0) is 23.0. The Morgan fingerprint density at radius 3 is 2.55 bits per heavy atom. The monoisotopic (exact) mass is 462 g/mol. The molecule has 4 aromatic rings. The summed E-state index contributed by atoms with van der Waals surface area (Å²) in [5.41, 5.74) is 2.54. The van der Waals surface area contributed by atoms with Crippen LogP contribution in [0, 0.1) is 0 Å². The first-order valence-electron chi connectivity index (χ1n) is 10.5. The van der Waals surface area contributed by atoms with Crippen molar-refractivity contribution in [3.8, 4) is 5.75 Å². The van der Waals surface area contributed by atoms with Gasteiger partial charge in [0.15, 0.2) is 0 Å². The molecule has 0 bridgehead atoms. The summed E-state index contributed by atoms with van der Waals surface area (Å²) in [6.45, 7) is 1.76. The minimum absolute atomic E-state index is 0.0278. The molecule has 0 saturated carbocycles. The lowest BCUT2D eigenvalue weighted by Crippen LogP contribution is -2.27. The van der Waals surface area contributed by atoms with Crippen molar-refractivity contribution in [2.24, 2.45) is 0 Å². The number of hydrogen-bond acceptors (Lipinski definition) is 4. The Labute approximate surface area is 196 Å². The number of ether oxygens (including phenoxy) is 1. The van der Waals surface area contributed by atoms with E-state index >= 15 is 0 Å². The van der Waals surface area contributed by atoms with E-state index in [0.29, 0.717) is 42.6 Å². The van der Waals surface area contributed by atoms with Crippen LogP contribution in [0.2, 0.25) is 5.02 Å². The average molecular weight is 463 g/mol. The molecule has 0 fully saturated rings. The van der Waals surface area contributed by atoms with Crippen LogP contribution in [0.15, 0.2) is 90.1 Å². The quantitative estimate of drug-likeness (QED) is 0.385. The minimum Gasteiger partial charge on any atom is -0.492 e. The molecule has 0 atom stereocenters. The molecule has 7 nitrogen and oxygen atoms in total. The highest BCUT2D eigenvalue weighted by atomic mass is 35.5. The van der Waals surface area contributed by atoms with E-state index < -0.39 is 0 Å². The number of pyridine rings is 1. The predicted molar refractivity (Wildman–Crippen MR) is 127 cm³/mol. The fraction of sp³-hybridized carbons (Fsp3) is 0.160. The van der Waals surface area contributed by atoms with Crippen molar-refractivity contribution in [3.05, 3.63) is 117 Å². The molecule has 2 aromatic carbocycles. The smallest absolute Gasteiger partial charge is 0.254 e. The molecule has 0 aliphatic carbocycles.